The molecule has 9 nitrogen and oxygen atoms in total. The highest BCUT2D eigenvalue weighted by Gasteiger charge is 2.23. The number of anilines is 3. The van der Waals surface area contributed by atoms with E-state index in [1.807, 2.05) is 48.0 Å². The average Bonchev–Trinajstić information content (AvgIpc) is 3.66. The van der Waals surface area contributed by atoms with Gasteiger partial charge in [0.2, 0.25) is 5.95 Å². The SMILES string of the molecule is Cc1ccc(S(=O)(=O)n2ccc3c(-c4ccc(N)s4)nc(Nc4ccc(-n5ccnc5)cc4)nc32)cc1. The van der Waals surface area contributed by atoms with E-state index in [1.165, 1.54) is 21.5 Å². The van der Waals surface area contributed by atoms with Crippen molar-refractivity contribution in [2.45, 2.75) is 11.8 Å². The summed E-state index contributed by atoms with van der Waals surface area (Å²) in [7, 11) is -3.88. The minimum atomic E-state index is -3.88. The molecule has 0 aliphatic rings. The zero-order valence-corrected chi connectivity index (χ0v) is 21.2. The van der Waals surface area contributed by atoms with Crippen LogP contribution in [0.4, 0.5) is 16.6 Å². The molecule has 6 aromatic rings. The Labute approximate surface area is 216 Å². The molecule has 0 saturated heterocycles. The second-order valence-electron chi connectivity index (χ2n) is 8.41. The molecular weight excluding hydrogens is 506 g/mol. The summed E-state index contributed by atoms with van der Waals surface area (Å²) in [6.45, 7) is 1.91. The van der Waals surface area contributed by atoms with Crippen molar-refractivity contribution in [3.8, 4) is 16.3 Å². The van der Waals surface area contributed by atoms with Crippen molar-refractivity contribution in [1.29, 1.82) is 0 Å². The number of thiophene rings is 1. The van der Waals surface area contributed by atoms with Gasteiger partial charge in [0.25, 0.3) is 10.0 Å². The van der Waals surface area contributed by atoms with Crippen molar-refractivity contribution >= 4 is 49.0 Å². The monoisotopic (exact) mass is 527 g/mol. The molecule has 0 radical (unpaired) electrons. The maximum absolute atomic E-state index is 13.5. The predicted molar refractivity (Wildman–Crippen MR) is 146 cm³/mol. The van der Waals surface area contributed by atoms with Crippen LogP contribution in [0.15, 0.2) is 96.5 Å². The van der Waals surface area contributed by atoms with Crippen molar-refractivity contribution in [2.75, 3.05) is 11.1 Å². The first-order valence-corrected chi connectivity index (χ1v) is 13.6. The van der Waals surface area contributed by atoms with Gasteiger partial charge in [0.15, 0.2) is 5.65 Å². The van der Waals surface area contributed by atoms with Gasteiger partial charge in [0, 0.05) is 35.4 Å². The molecule has 184 valence electrons. The molecule has 6 rings (SSSR count). The summed E-state index contributed by atoms with van der Waals surface area (Å²) >= 11 is 1.38. The topological polar surface area (TPSA) is 121 Å². The van der Waals surface area contributed by atoms with Crippen LogP contribution in [-0.2, 0) is 10.0 Å². The molecule has 37 heavy (non-hydrogen) atoms. The van der Waals surface area contributed by atoms with Gasteiger partial charge in [-0.3, -0.25) is 0 Å². The third-order valence-electron chi connectivity index (χ3n) is 5.87. The Kier molecular flexibility index (Phi) is 5.50. The molecular formula is C26H21N7O2S2. The Bertz CT molecular complexity index is 1820. The first-order chi connectivity index (χ1) is 17.9. The molecule has 0 aliphatic carbocycles. The van der Waals surface area contributed by atoms with Gasteiger partial charge in [0.05, 0.1) is 26.8 Å². The summed E-state index contributed by atoms with van der Waals surface area (Å²) in [5.74, 6) is 0.268. The summed E-state index contributed by atoms with van der Waals surface area (Å²) in [6, 6.07) is 19.8. The van der Waals surface area contributed by atoms with Crippen LogP contribution in [0, 0.1) is 6.92 Å². The largest absolute Gasteiger partial charge is 0.391 e. The minimum Gasteiger partial charge on any atom is -0.391 e. The van der Waals surface area contributed by atoms with Gasteiger partial charge in [-0.05, 0) is 61.5 Å². The van der Waals surface area contributed by atoms with E-state index in [-0.39, 0.29) is 16.5 Å². The molecule has 11 heteroatoms. The second-order valence-corrected chi connectivity index (χ2v) is 11.3. The van der Waals surface area contributed by atoms with E-state index in [1.54, 1.807) is 48.9 Å². The van der Waals surface area contributed by atoms with Crippen molar-refractivity contribution in [3.63, 3.8) is 0 Å². The number of fused-ring (bicyclic) bond motifs is 1. The average molecular weight is 528 g/mol. The molecule has 0 bridgehead atoms. The number of nitrogens with one attached hydrogen (secondary N) is 1. The summed E-state index contributed by atoms with van der Waals surface area (Å²) in [6.07, 6.45) is 6.81. The maximum Gasteiger partial charge on any atom is 0.269 e. The van der Waals surface area contributed by atoms with Gasteiger partial charge in [-0.15, -0.1) is 11.3 Å². The number of hydrogen-bond acceptors (Lipinski definition) is 8. The number of rotatable bonds is 6. The van der Waals surface area contributed by atoms with Gasteiger partial charge >= 0.3 is 0 Å². The Morgan fingerprint density at radius 1 is 0.919 bits per heavy atom. The van der Waals surface area contributed by atoms with Crippen LogP contribution in [0.1, 0.15) is 5.56 Å². The van der Waals surface area contributed by atoms with Gasteiger partial charge < -0.3 is 15.6 Å². The summed E-state index contributed by atoms with van der Waals surface area (Å²) in [5.41, 5.74) is 9.54. The first-order valence-electron chi connectivity index (χ1n) is 11.3. The second kappa shape index (κ2) is 8.87. The van der Waals surface area contributed by atoms with Crippen molar-refractivity contribution in [2.24, 2.45) is 0 Å². The number of nitrogen functional groups attached to an aromatic ring is 1. The van der Waals surface area contributed by atoms with E-state index >= 15 is 0 Å². The van der Waals surface area contributed by atoms with Crippen LogP contribution in [0.25, 0.3) is 27.3 Å². The fourth-order valence-corrected chi connectivity index (χ4v) is 6.06. The van der Waals surface area contributed by atoms with Crippen LogP contribution in [0.5, 0.6) is 0 Å². The zero-order valence-electron chi connectivity index (χ0n) is 19.6. The molecule has 0 fully saturated rings. The minimum absolute atomic E-state index is 0.181. The van der Waals surface area contributed by atoms with Gasteiger partial charge in [-0.25, -0.2) is 22.4 Å². The van der Waals surface area contributed by atoms with Crippen LogP contribution >= 0.6 is 11.3 Å². The van der Waals surface area contributed by atoms with Gasteiger partial charge in [0.1, 0.15) is 0 Å². The normalized spacial score (nSPS) is 11.7. The summed E-state index contributed by atoms with van der Waals surface area (Å²) in [4.78, 5) is 14.4. The maximum atomic E-state index is 13.5. The first kappa shape index (κ1) is 23.0. The smallest absolute Gasteiger partial charge is 0.269 e. The fourth-order valence-electron chi connectivity index (χ4n) is 3.99. The third-order valence-corrected chi connectivity index (χ3v) is 8.48. The van der Waals surface area contributed by atoms with Crippen LogP contribution in [-0.4, -0.2) is 31.9 Å². The number of aromatic nitrogens is 5. The Morgan fingerprint density at radius 2 is 1.70 bits per heavy atom. The number of hydrogen-bond donors (Lipinski definition) is 2. The summed E-state index contributed by atoms with van der Waals surface area (Å²) < 4.78 is 30.2. The predicted octanol–water partition coefficient (Wildman–Crippen LogP) is 5.22. The highest BCUT2D eigenvalue weighted by atomic mass is 32.2. The van der Waals surface area contributed by atoms with E-state index in [0.717, 1.165) is 21.8 Å². The van der Waals surface area contributed by atoms with E-state index < -0.39 is 10.0 Å². The summed E-state index contributed by atoms with van der Waals surface area (Å²) in [5, 5.41) is 4.47. The number of imidazole rings is 1. The number of benzene rings is 2. The Hall–Kier alpha value is -4.48. The lowest BCUT2D eigenvalue weighted by atomic mass is 10.2. The van der Waals surface area contributed by atoms with Crippen LogP contribution in [0.2, 0.25) is 0 Å². The van der Waals surface area contributed by atoms with Gasteiger partial charge in [-0.2, -0.15) is 4.98 Å². The van der Waals surface area contributed by atoms with Crippen molar-refractivity contribution < 1.29 is 8.42 Å². The molecule has 0 amide bonds. The number of nitrogens with zero attached hydrogens (tertiary/aromatic N) is 5. The molecule has 4 aromatic heterocycles. The van der Waals surface area contributed by atoms with Crippen molar-refractivity contribution in [1.82, 2.24) is 23.5 Å². The molecule has 2 aromatic carbocycles. The standard InChI is InChI=1S/C26H21N7O2S2/c1-17-2-8-20(9-3-17)37(34,35)33-14-12-21-24(22-10-11-23(27)36-22)30-26(31-25(21)33)29-18-4-6-19(7-5-18)32-15-13-28-16-32/h2-16H,27H2,1H3,(H,29,30,31). The lowest BCUT2D eigenvalue weighted by molar-refractivity contribution is 0.589. The molecule has 0 atom stereocenters. The van der Waals surface area contributed by atoms with Crippen LogP contribution < -0.4 is 11.1 Å². The Morgan fingerprint density at radius 3 is 2.38 bits per heavy atom. The number of nitrogens with two attached hydrogens (primary N) is 1. The Balaban J connectivity index is 1.46. The lowest BCUT2D eigenvalue weighted by Crippen LogP contribution is -2.13. The zero-order chi connectivity index (χ0) is 25.6. The fraction of sp³-hybridized carbons (Fsp3) is 0.0385. The third kappa shape index (κ3) is 4.24. The molecule has 0 aliphatic heterocycles. The van der Waals surface area contributed by atoms with Crippen molar-refractivity contribution in [3.05, 3.63) is 97.2 Å². The van der Waals surface area contributed by atoms with E-state index in [0.29, 0.717) is 16.1 Å². The lowest BCUT2D eigenvalue weighted by Gasteiger charge is -2.11. The van der Waals surface area contributed by atoms with Gasteiger partial charge in [-0.1, -0.05) is 17.7 Å². The highest BCUT2D eigenvalue weighted by Crippen LogP contribution is 2.35. The number of aryl methyl sites for hydroxylation is 1. The quantitative estimate of drug-likeness (QED) is 0.305. The van der Waals surface area contributed by atoms with E-state index in [9.17, 15) is 8.42 Å². The molecule has 4 heterocycles. The van der Waals surface area contributed by atoms with E-state index in [4.69, 9.17) is 10.7 Å². The van der Waals surface area contributed by atoms with E-state index in [2.05, 4.69) is 15.3 Å². The molecule has 3 N–H and O–H groups in total. The highest BCUT2D eigenvalue weighted by molar-refractivity contribution is 7.90. The molecule has 0 spiro atoms. The molecule has 0 saturated carbocycles. The molecule has 0 unspecified atom stereocenters. The van der Waals surface area contributed by atoms with Crippen LogP contribution in [0.3, 0.4) is 0 Å².